The lowest BCUT2D eigenvalue weighted by atomic mass is 9.96. The Balaban J connectivity index is 1.72. The van der Waals surface area contributed by atoms with Crippen LogP contribution in [-0.4, -0.2) is 74.6 Å². The number of hydrogen-bond donors (Lipinski definition) is 6. The molecule has 0 saturated heterocycles. The minimum absolute atomic E-state index is 0.0134. The first-order valence-corrected chi connectivity index (χ1v) is 16.8. The number of H-pyrrole nitrogens is 1. The molecule has 3 aromatic rings. The third-order valence-corrected chi connectivity index (χ3v) is 7.58. The second-order valence-corrected chi connectivity index (χ2v) is 13.7. The molecule has 6 N–H and O–H groups in total. The third-order valence-electron chi connectivity index (χ3n) is 7.58. The van der Waals surface area contributed by atoms with Gasteiger partial charge in [-0.25, -0.2) is 9.78 Å². The second kappa shape index (κ2) is 19.2. The molecule has 0 aliphatic heterocycles. The maximum Gasteiger partial charge on any atom is 0.408 e. The number of aliphatic hydroxyl groups is 1. The van der Waals surface area contributed by atoms with E-state index in [9.17, 15) is 29.1 Å². The lowest BCUT2D eigenvalue weighted by Crippen LogP contribution is -2.57. The summed E-state index contributed by atoms with van der Waals surface area (Å²) >= 11 is 0. The van der Waals surface area contributed by atoms with Crippen LogP contribution in [0.25, 0.3) is 0 Å². The fraction of sp³-hybridized carbons (Fsp3) is 0.459. The van der Waals surface area contributed by atoms with Crippen LogP contribution < -0.4 is 21.3 Å². The summed E-state index contributed by atoms with van der Waals surface area (Å²) in [5.41, 5.74) is 1.48. The maximum atomic E-state index is 13.8. The normalized spacial score (nSPS) is 13.7. The molecule has 0 bridgehead atoms. The molecular formula is C37H50N6O7. The summed E-state index contributed by atoms with van der Waals surface area (Å²) in [7, 11) is 0. The molecule has 0 radical (unpaired) electrons. The smallest absolute Gasteiger partial charge is 0.408 e. The summed E-state index contributed by atoms with van der Waals surface area (Å²) in [6, 6.07) is 15.4. The van der Waals surface area contributed by atoms with Gasteiger partial charge in [0.05, 0.1) is 24.9 Å². The van der Waals surface area contributed by atoms with Crippen LogP contribution in [0.2, 0.25) is 0 Å². The van der Waals surface area contributed by atoms with E-state index < -0.39 is 66.0 Å². The van der Waals surface area contributed by atoms with Crippen LogP contribution in [0, 0.1) is 5.92 Å². The molecule has 5 amide bonds. The van der Waals surface area contributed by atoms with E-state index in [4.69, 9.17) is 4.74 Å². The molecule has 0 unspecified atom stereocenters. The van der Waals surface area contributed by atoms with Crippen LogP contribution in [0.1, 0.15) is 70.7 Å². The molecule has 13 heteroatoms. The topological polar surface area (TPSA) is 192 Å². The number of hydrogen-bond acceptors (Lipinski definition) is 8. The van der Waals surface area contributed by atoms with E-state index in [1.54, 1.807) is 20.8 Å². The van der Waals surface area contributed by atoms with Crippen LogP contribution >= 0.6 is 0 Å². The van der Waals surface area contributed by atoms with E-state index >= 15 is 0 Å². The SMILES string of the molecule is CC(C)C[C@H](NC(=O)[C@H](Cc1cnc[nH]1)NC(=O)[C@H](Cc1ccccc1)NC(=O)OC(C)(C)C)[C@@H](O)CC(=O)NC(=O)CCc1ccccc1. The molecule has 1 heterocycles. The minimum Gasteiger partial charge on any atom is -0.444 e. The van der Waals surface area contributed by atoms with Crippen molar-refractivity contribution >= 4 is 29.7 Å². The van der Waals surface area contributed by atoms with Gasteiger partial charge in [-0.15, -0.1) is 0 Å². The number of aromatic nitrogens is 2. The first kappa shape index (κ1) is 39.4. The van der Waals surface area contributed by atoms with E-state index in [2.05, 4.69) is 31.2 Å². The number of nitrogens with one attached hydrogen (secondary N) is 5. The highest BCUT2D eigenvalue weighted by Crippen LogP contribution is 2.14. The van der Waals surface area contributed by atoms with Gasteiger partial charge < -0.3 is 30.8 Å². The van der Waals surface area contributed by atoms with Gasteiger partial charge in [-0.1, -0.05) is 74.5 Å². The van der Waals surface area contributed by atoms with E-state index in [1.807, 2.05) is 74.5 Å². The quantitative estimate of drug-likeness (QED) is 0.124. The van der Waals surface area contributed by atoms with Crippen LogP contribution in [-0.2, 0) is 43.2 Å². The highest BCUT2D eigenvalue weighted by Gasteiger charge is 2.32. The number of aryl methyl sites for hydroxylation is 1. The molecule has 0 fully saturated rings. The number of aliphatic hydroxyl groups excluding tert-OH is 1. The van der Waals surface area contributed by atoms with Gasteiger partial charge in [0.15, 0.2) is 0 Å². The van der Waals surface area contributed by atoms with E-state index in [1.165, 1.54) is 12.5 Å². The summed E-state index contributed by atoms with van der Waals surface area (Å²) in [5, 5.41) is 21.6. The molecule has 1 aromatic heterocycles. The van der Waals surface area contributed by atoms with Crippen molar-refractivity contribution in [2.45, 2.75) is 103 Å². The fourth-order valence-electron chi connectivity index (χ4n) is 5.21. The molecule has 2 aromatic carbocycles. The standard InChI is InChI=1S/C37H50N6O7/c1-24(2)18-28(31(44)21-33(46)43-32(45)17-16-25-12-8-6-9-13-25)40-35(48)30(20-27-22-38-23-39-27)41-34(47)29(19-26-14-10-7-11-15-26)42-36(49)50-37(3,4)5/h6-15,22-24,28-31,44H,16-21H2,1-5H3,(H,38,39)(H,40,48)(H,41,47)(H,42,49)(H,43,45,46)/t28-,29-,30-,31-/m0/s1. The number of aromatic amines is 1. The molecule has 13 nitrogen and oxygen atoms in total. The van der Waals surface area contributed by atoms with Gasteiger partial charge in [0.2, 0.25) is 23.6 Å². The Morgan fingerprint density at radius 1 is 0.820 bits per heavy atom. The number of benzene rings is 2. The summed E-state index contributed by atoms with van der Waals surface area (Å²) in [6.45, 7) is 8.93. The Morgan fingerprint density at radius 2 is 1.42 bits per heavy atom. The van der Waals surface area contributed by atoms with Crippen LogP contribution in [0.15, 0.2) is 73.2 Å². The second-order valence-electron chi connectivity index (χ2n) is 13.7. The molecule has 0 saturated carbocycles. The molecule has 4 atom stereocenters. The van der Waals surface area contributed by atoms with Gasteiger partial charge in [0.25, 0.3) is 0 Å². The van der Waals surface area contributed by atoms with Gasteiger partial charge >= 0.3 is 6.09 Å². The molecule has 0 aliphatic rings. The van der Waals surface area contributed by atoms with E-state index in [0.29, 0.717) is 18.5 Å². The largest absolute Gasteiger partial charge is 0.444 e. The minimum atomic E-state index is -1.33. The zero-order valence-corrected chi connectivity index (χ0v) is 29.4. The van der Waals surface area contributed by atoms with Gasteiger partial charge in [-0.05, 0) is 50.7 Å². The predicted octanol–water partition coefficient (Wildman–Crippen LogP) is 3.13. The molecule has 3 rings (SSSR count). The zero-order valence-electron chi connectivity index (χ0n) is 29.4. The Bertz CT molecular complexity index is 1520. The Kier molecular flexibility index (Phi) is 15.1. The summed E-state index contributed by atoms with van der Waals surface area (Å²) in [4.78, 5) is 72.4. The molecular weight excluding hydrogens is 640 g/mol. The number of carbonyl (C=O) groups excluding carboxylic acids is 5. The van der Waals surface area contributed by atoms with Crippen LogP contribution in [0.5, 0.6) is 0 Å². The monoisotopic (exact) mass is 690 g/mol. The van der Waals surface area contributed by atoms with Crippen molar-refractivity contribution in [1.29, 1.82) is 0 Å². The number of ether oxygens (including phenoxy) is 1. The summed E-state index contributed by atoms with van der Waals surface area (Å²) < 4.78 is 5.39. The molecule has 50 heavy (non-hydrogen) atoms. The summed E-state index contributed by atoms with van der Waals surface area (Å²) in [6.07, 6.45) is 1.42. The Hall–Kier alpha value is -5.04. The average Bonchev–Trinajstić information content (AvgIpc) is 3.56. The number of alkyl carbamates (subject to hydrolysis) is 1. The first-order valence-electron chi connectivity index (χ1n) is 16.8. The van der Waals surface area contributed by atoms with Crippen molar-refractivity contribution in [3.05, 3.63) is 90.0 Å². The van der Waals surface area contributed by atoms with Gasteiger partial charge in [0, 0.05) is 31.2 Å². The van der Waals surface area contributed by atoms with Crippen molar-refractivity contribution in [3.8, 4) is 0 Å². The Labute approximate surface area is 293 Å². The molecule has 0 spiro atoms. The van der Waals surface area contributed by atoms with Crippen molar-refractivity contribution in [1.82, 2.24) is 31.2 Å². The lowest BCUT2D eigenvalue weighted by Gasteiger charge is -2.29. The number of amides is 5. The number of nitrogens with zero attached hydrogens (tertiary/aromatic N) is 1. The van der Waals surface area contributed by atoms with Crippen LogP contribution in [0.3, 0.4) is 0 Å². The number of imide groups is 1. The van der Waals surface area contributed by atoms with E-state index in [-0.39, 0.29) is 25.2 Å². The van der Waals surface area contributed by atoms with Gasteiger partial charge in [0.1, 0.15) is 17.7 Å². The first-order chi connectivity index (χ1) is 23.7. The molecule has 270 valence electrons. The van der Waals surface area contributed by atoms with E-state index in [0.717, 1.165) is 11.1 Å². The predicted molar refractivity (Wildman–Crippen MR) is 187 cm³/mol. The highest BCUT2D eigenvalue weighted by atomic mass is 16.6. The zero-order chi connectivity index (χ0) is 36.7. The van der Waals surface area contributed by atoms with Crippen molar-refractivity contribution in [3.63, 3.8) is 0 Å². The highest BCUT2D eigenvalue weighted by molar-refractivity contribution is 5.95. The van der Waals surface area contributed by atoms with Gasteiger partial charge in [-0.2, -0.15) is 0 Å². The Morgan fingerprint density at radius 3 is 2.00 bits per heavy atom. The fourth-order valence-corrected chi connectivity index (χ4v) is 5.21. The van der Waals surface area contributed by atoms with Crippen LogP contribution in [0.4, 0.5) is 4.79 Å². The lowest BCUT2D eigenvalue weighted by molar-refractivity contribution is -0.133. The van der Waals surface area contributed by atoms with Crippen molar-refractivity contribution < 1.29 is 33.8 Å². The number of carbonyl (C=O) groups is 5. The average molecular weight is 691 g/mol. The maximum absolute atomic E-state index is 13.8. The number of rotatable bonds is 17. The summed E-state index contributed by atoms with van der Waals surface area (Å²) in [5.74, 6) is -2.37. The third kappa shape index (κ3) is 14.6. The van der Waals surface area contributed by atoms with Gasteiger partial charge in [-0.3, -0.25) is 24.5 Å². The molecule has 0 aliphatic carbocycles. The van der Waals surface area contributed by atoms with Crippen molar-refractivity contribution in [2.24, 2.45) is 5.92 Å². The van der Waals surface area contributed by atoms with Crippen molar-refractivity contribution in [2.75, 3.05) is 0 Å². The number of imidazole rings is 1.